The zero-order chi connectivity index (χ0) is 10.5. The van der Waals surface area contributed by atoms with E-state index in [0.717, 1.165) is 11.4 Å². The first-order chi connectivity index (χ1) is 7.38. The Balaban J connectivity index is 1.93. The van der Waals surface area contributed by atoms with E-state index in [9.17, 15) is 0 Å². The lowest BCUT2D eigenvalue weighted by Crippen LogP contribution is -1.93. The van der Waals surface area contributed by atoms with Gasteiger partial charge in [0.2, 0.25) is 0 Å². The van der Waals surface area contributed by atoms with E-state index in [-0.39, 0.29) is 0 Å². The summed E-state index contributed by atoms with van der Waals surface area (Å²) in [7, 11) is 1.90. The highest BCUT2D eigenvalue weighted by Gasteiger charge is 1.96. The van der Waals surface area contributed by atoms with Crippen LogP contribution >= 0.6 is 11.3 Å². The fraction of sp³-hybridized carbons (Fsp3) is 0.167. The van der Waals surface area contributed by atoms with Crippen molar-refractivity contribution in [2.45, 2.75) is 6.61 Å². The van der Waals surface area contributed by atoms with E-state index < -0.39 is 0 Å². The summed E-state index contributed by atoms with van der Waals surface area (Å²) in [5, 5.41) is 5.13. The third kappa shape index (κ3) is 2.73. The van der Waals surface area contributed by atoms with E-state index in [1.165, 1.54) is 4.88 Å². The zero-order valence-electron chi connectivity index (χ0n) is 8.57. The van der Waals surface area contributed by atoms with Gasteiger partial charge in [-0.25, -0.2) is 0 Å². The maximum absolute atomic E-state index is 5.63. The lowest BCUT2D eigenvalue weighted by Gasteiger charge is -2.05. The molecule has 3 heteroatoms. The van der Waals surface area contributed by atoms with Gasteiger partial charge in [0.25, 0.3) is 0 Å². The first-order valence-corrected chi connectivity index (χ1v) is 5.69. The van der Waals surface area contributed by atoms with Gasteiger partial charge in [-0.3, -0.25) is 0 Å². The lowest BCUT2D eigenvalue weighted by molar-refractivity contribution is 0.310. The molecule has 0 spiro atoms. The number of thiophene rings is 1. The van der Waals surface area contributed by atoms with Crippen molar-refractivity contribution in [3.8, 4) is 5.75 Å². The molecule has 0 aliphatic rings. The van der Waals surface area contributed by atoms with Gasteiger partial charge in [-0.2, -0.15) is 0 Å². The first-order valence-electron chi connectivity index (χ1n) is 4.81. The number of hydrogen-bond acceptors (Lipinski definition) is 3. The molecule has 0 fully saturated rings. The summed E-state index contributed by atoms with van der Waals surface area (Å²) in [6.45, 7) is 0.649. The van der Waals surface area contributed by atoms with Crippen LogP contribution in [0.2, 0.25) is 0 Å². The second-order valence-corrected chi connectivity index (χ2v) is 4.17. The van der Waals surface area contributed by atoms with Crippen molar-refractivity contribution in [2.24, 2.45) is 0 Å². The normalized spacial score (nSPS) is 9.93. The van der Waals surface area contributed by atoms with Crippen molar-refractivity contribution in [3.63, 3.8) is 0 Å². The van der Waals surface area contributed by atoms with Crippen LogP contribution in [-0.4, -0.2) is 7.05 Å². The van der Waals surface area contributed by atoms with Crippen LogP contribution in [0.3, 0.4) is 0 Å². The van der Waals surface area contributed by atoms with Gasteiger partial charge >= 0.3 is 0 Å². The molecule has 2 nitrogen and oxygen atoms in total. The fourth-order valence-electron chi connectivity index (χ4n) is 1.27. The Bertz CT molecular complexity index is 394. The second-order valence-electron chi connectivity index (χ2n) is 3.14. The van der Waals surface area contributed by atoms with Gasteiger partial charge < -0.3 is 10.1 Å². The number of rotatable bonds is 4. The minimum Gasteiger partial charge on any atom is -0.488 e. The molecule has 1 aromatic heterocycles. The third-order valence-electron chi connectivity index (χ3n) is 2.10. The topological polar surface area (TPSA) is 21.3 Å². The van der Waals surface area contributed by atoms with E-state index in [2.05, 4.69) is 16.8 Å². The SMILES string of the molecule is CNc1ccc(OCc2cccs2)cc1. The third-order valence-corrected chi connectivity index (χ3v) is 2.95. The maximum Gasteiger partial charge on any atom is 0.122 e. The molecule has 1 heterocycles. The molecule has 0 aliphatic carbocycles. The van der Waals surface area contributed by atoms with E-state index in [4.69, 9.17) is 4.74 Å². The number of ether oxygens (including phenoxy) is 1. The van der Waals surface area contributed by atoms with Crippen LogP contribution in [-0.2, 0) is 6.61 Å². The molecule has 0 saturated carbocycles. The predicted octanol–water partition coefficient (Wildman–Crippen LogP) is 3.37. The molecule has 0 bridgehead atoms. The van der Waals surface area contributed by atoms with Gasteiger partial charge in [-0.1, -0.05) is 6.07 Å². The maximum atomic E-state index is 5.63. The van der Waals surface area contributed by atoms with E-state index in [0.29, 0.717) is 6.61 Å². The zero-order valence-corrected chi connectivity index (χ0v) is 9.38. The molecule has 0 unspecified atom stereocenters. The Morgan fingerprint density at radius 1 is 1.20 bits per heavy atom. The van der Waals surface area contributed by atoms with Crippen molar-refractivity contribution in [1.82, 2.24) is 0 Å². The summed E-state index contributed by atoms with van der Waals surface area (Å²) in [5.74, 6) is 0.905. The summed E-state index contributed by atoms with van der Waals surface area (Å²) < 4.78 is 5.63. The molecule has 15 heavy (non-hydrogen) atoms. The Labute approximate surface area is 93.5 Å². The van der Waals surface area contributed by atoms with Crippen LogP contribution in [0.5, 0.6) is 5.75 Å². The second kappa shape index (κ2) is 4.84. The molecule has 0 aliphatic heterocycles. The molecule has 2 rings (SSSR count). The molecule has 1 N–H and O–H groups in total. The van der Waals surface area contributed by atoms with Crippen LogP contribution in [0.4, 0.5) is 5.69 Å². The van der Waals surface area contributed by atoms with Crippen molar-refractivity contribution >= 4 is 17.0 Å². The highest BCUT2D eigenvalue weighted by atomic mass is 32.1. The molecule has 0 amide bonds. The van der Waals surface area contributed by atoms with E-state index >= 15 is 0 Å². The molecule has 1 aromatic carbocycles. The lowest BCUT2D eigenvalue weighted by atomic mass is 10.3. The van der Waals surface area contributed by atoms with Gasteiger partial charge in [-0.05, 0) is 35.7 Å². The number of benzene rings is 1. The van der Waals surface area contributed by atoms with Crippen molar-refractivity contribution in [3.05, 3.63) is 46.7 Å². The van der Waals surface area contributed by atoms with Gasteiger partial charge in [0, 0.05) is 17.6 Å². The molecule has 2 aromatic rings. The van der Waals surface area contributed by atoms with Crippen LogP contribution in [0, 0.1) is 0 Å². The van der Waals surface area contributed by atoms with Gasteiger partial charge in [-0.15, -0.1) is 11.3 Å². The molecule has 78 valence electrons. The standard InChI is InChI=1S/C12H13NOS/c1-13-10-4-6-11(7-5-10)14-9-12-3-2-8-15-12/h2-8,13H,9H2,1H3. The summed E-state index contributed by atoms with van der Waals surface area (Å²) >= 11 is 1.71. The van der Waals surface area contributed by atoms with Gasteiger partial charge in [0.15, 0.2) is 0 Å². The molecule has 0 radical (unpaired) electrons. The monoisotopic (exact) mass is 219 g/mol. The number of hydrogen-bond donors (Lipinski definition) is 1. The van der Waals surface area contributed by atoms with Gasteiger partial charge in [0.05, 0.1) is 0 Å². The van der Waals surface area contributed by atoms with Crippen molar-refractivity contribution < 1.29 is 4.74 Å². The first kappa shape index (κ1) is 10.1. The Morgan fingerprint density at radius 3 is 2.60 bits per heavy atom. The summed E-state index contributed by atoms with van der Waals surface area (Å²) in [6, 6.07) is 12.1. The van der Waals surface area contributed by atoms with E-state index in [1.807, 2.05) is 37.4 Å². The Morgan fingerprint density at radius 2 is 2.00 bits per heavy atom. The highest BCUT2D eigenvalue weighted by Crippen LogP contribution is 2.17. The largest absolute Gasteiger partial charge is 0.488 e. The minimum absolute atomic E-state index is 0.649. The quantitative estimate of drug-likeness (QED) is 0.851. The van der Waals surface area contributed by atoms with Crippen LogP contribution in [0.15, 0.2) is 41.8 Å². The average molecular weight is 219 g/mol. The molecular formula is C12H13NOS. The minimum atomic E-state index is 0.649. The van der Waals surface area contributed by atoms with E-state index in [1.54, 1.807) is 11.3 Å². The molecule has 0 saturated heterocycles. The smallest absolute Gasteiger partial charge is 0.122 e. The van der Waals surface area contributed by atoms with Crippen molar-refractivity contribution in [1.29, 1.82) is 0 Å². The Hall–Kier alpha value is -1.48. The highest BCUT2D eigenvalue weighted by molar-refractivity contribution is 7.09. The average Bonchev–Trinajstić information content (AvgIpc) is 2.80. The number of nitrogens with one attached hydrogen (secondary N) is 1. The van der Waals surface area contributed by atoms with Crippen LogP contribution in [0.1, 0.15) is 4.88 Å². The summed E-state index contributed by atoms with van der Waals surface area (Å²) in [6.07, 6.45) is 0. The predicted molar refractivity (Wildman–Crippen MR) is 64.6 cm³/mol. The Kier molecular flexibility index (Phi) is 3.25. The summed E-state index contributed by atoms with van der Waals surface area (Å²) in [5.41, 5.74) is 1.10. The van der Waals surface area contributed by atoms with Crippen LogP contribution in [0.25, 0.3) is 0 Å². The summed E-state index contributed by atoms with van der Waals surface area (Å²) in [4.78, 5) is 1.24. The fourth-order valence-corrected chi connectivity index (χ4v) is 1.88. The van der Waals surface area contributed by atoms with Gasteiger partial charge in [0.1, 0.15) is 12.4 Å². The van der Waals surface area contributed by atoms with Crippen LogP contribution < -0.4 is 10.1 Å². The molecular weight excluding hydrogens is 206 g/mol. The number of anilines is 1. The molecule has 0 atom stereocenters. The van der Waals surface area contributed by atoms with Crippen molar-refractivity contribution in [2.75, 3.05) is 12.4 Å².